The Bertz CT molecular complexity index is 1850. The number of pyridine rings is 1. The first kappa shape index (κ1) is 21.2. The van der Waals surface area contributed by atoms with Crippen molar-refractivity contribution in [1.82, 2.24) is 34.9 Å². The quantitative estimate of drug-likeness (QED) is 0.351. The van der Waals surface area contributed by atoms with Crippen molar-refractivity contribution in [3.63, 3.8) is 0 Å². The summed E-state index contributed by atoms with van der Waals surface area (Å²) in [6.45, 7) is 1.98. The number of nitrogens with one attached hydrogen (secondary N) is 1. The van der Waals surface area contributed by atoms with E-state index in [0.29, 0.717) is 39.3 Å². The molecule has 0 spiro atoms. The molecule has 6 aromatic rings. The lowest BCUT2D eigenvalue weighted by atomic mass is 9.94. The van der Waals surface area contributed by atoms with Crippen molar-refractivity contribution in [3.05, 3.63) is 73.2 Å². The Kier molecular flexibility index (Phi) is 4.43. The Labute approximate surface area is 207 Å². The fraction of sp³-hybridized carbons (Fsp3) is 0.0769. The number of aromatic amines is 1. The molecule has 7 rings (SSSR count). The third-order valence-electron chi connectivity index (χ3n) is 6.21. The SMILES string of the molecule is Cc1ccc2c(-c3ccc4c(c3)OC(F)(F)O4)ncnc2c1-c1ncccc1-c1ncnc2nc[nH]c12. The Hall–Kier alpha value is -5.06. The summed E-state index contributed by atoms with van der Waals surface area (Å²) in [5.74, 6) is -0.0855. The lowest BCUT2D eigenvalue weighted by Crippen LogP contribution is -2.25. The number of aromatic nitrogens is 7. The number of ether oxygens (including phenoxy) is 2. The van der Waals surface area contributed by atoms with Crippen LogP contribution in [-0.4, -0.2) is 41.2 Å². The van der Waals surface area contributed by atoms with E-state index in [1.54, 1.807) is 18.6 Å². The van der Waals surface area contributed by atoms with E-state index in [9.17, 15) is 8.78 Å². The van der Waals surface area contributed by atoms with E-state index in [1.165, 1.54) is 24.8 Å². The van der Waals surface area contributed by atoms with E-state index in [0.717, 1.165) is 22.1 Å². The number of halogens is 2. The van der Waals surface area contributed by atoms with Gasteiger partial charge in [-0.05, 0) is 42.8 Å². The average molecular weight is 495 g/mol. The van der Waals surface area contributed by atoms with E-state index in [1.807, 2.05) is 31.2 Å². The highest BCUT2D eigenvalue weighted by atomic mass is 19.3. The van der Waals surface area contributed by atoms with Crippen LogP contribution in [0, 0.1) is 6.92 Å². The predicted molar refractivity (Wildman–Crippen MR) is 130 cm³/mol. The molecule has 0 fully saturated rings. The molecule has 0 atom stereocenters. The normalized spacial score (nSPS) is 13.9. The van der Waals surface area contributed by atoms with Gasteiger partial charge in [-0.3, -0.25) is 4.98 Å². The maximum absolute atomic E-state index is 13.6. The predicted octanol–water partition coefficient (Wildman–Crippen LogP) is 5.32. The summed E-state index contributed by atoms with van der Waals surface area (Å²) in [5, 5.41) is 0.722. The Morgan fingerprint density at radius 3 is 2.57 bits per heavy atom. The zero-order valence-corrected chi connectivity index (χ0v) is 19.1. The number of hydrogen-bond donors (Lipinski definition) is 1. The monoisotopic (exact) mass is 495 g/mol. The number of aryl methyl sites for hydroxylation is 1. The van der Waals surface area contributed by atoms with E-state index in [-0.39, 0.29) is 11.5 Å². The summed E-state index contributed by atoms with van der Waals surface area (Å²) < 4.78 is 36.3. The van der Waals surface area contributed by atoms with Crippen molar-refractivity contribution in [2.45, 2.75) is 13.2 Å². The number of rotatable bonds is 3. The van der Waals surface area contributed by atoms with E-state index >= 15 is 0 Å². The smallest absolute Gasteiger partial charge is 0.395 e. The second-order valence-corrected chi connectivity index (χ2v) is 8.43. The molecule has 1 aliphatic rings. The molecule has 0 aliphatic carbocycles. The molecule has 0 saturated heterocycles. The van der Waals surface area contributed by atoms with Crippen LogP contribution in [0.4, 0.5) is 8.78 Å². The molecule has 1 aliphatic heterocycles. The summed E-state index contributed by atoms with van der Waals surface area (Å²) in [7, 11) is 0. The van der Waals surface area contributed by atoms with E-state index in [4.69, 9.17) is 4.98 Å². The lowest BCUT2D eigenvalue weighted by Gasteiger charge is -2.14. The molecule has 9 nitrogen and oxygen atoms in total. The molecule has 0 saturated carbocycles. The number of alkyl halides is 2. The molecule has 37 heavy (non-hydrogen) atoms. The average Bonchev–Trinajstić information content (AvgIpc) is 3.50. The van der Waals surface area contributed by atoms with Crippen LogP contribution in [-0.2, 0) is 0 Å². The summed E-state index contributed by atoms with van der Waals surface area (Å²) >= 11 is 0. The Balaban J connectivity index is 1.44. The standard InChI is InChI=1S/C26H15F2N7O2/c1-13-4-6-16-20(14-5-7-17-18(9-14)37-26(27,28)36-17)30-10-31-22(16)19(13)21-15(3-2-8-29-21)23-24-25(34-11-32-23)35-12-33-24/h2-12H,1H3,(H,32,33,34,35). The highest BCUT2D eigenvalue weighted by Gasteiger charge is 2.43. The molecule has 4 aromatic heterocycles. The third kappa shape index (κ3) is 3.35. The number of benzene rings is 2. The molecule has 0 unspecified atom stereocenters. The third-order valence-corrected chi connectivity index (χ3v) is 6.21. The van der Waals surface area contributed by atoms with Crippen molar-refractivity contribution >= 4 is 22.1 Å². The highest BCUT2D eigenvalue weighted by Crippen LogP contribution is 2.44. The molecule has 2 aromatic carbocycles. The van der Waals surface area contributed by atoms with Gasteiger partial charge in [0.1, 0.15) is 23.9 Å². The van der Waals surface area contributed by atoms with Gasteiger partial charge in [-0.2, -0.15) is 0 Å². The van der Waals surface area contributed by atoms with Gasteiger partial charge < -0.3 is 14.5 Å². The van der Waals surface area contributed by atoms with Crippen LogP contribution in [0.3, 0.4) is 0 Å². The van der Waals surface area contributed by atoms with Crippen molar-refractivity contribution in [1.29, 1.82) is 0 Å². The molecule has 0 bridgehead atoms. The Morgan fingerprint density at radius 2 is 1.65 bits per heavy atom. The number of H-pyrrole nitrogens is 1. The molecule has 11 heteroatoms. The van der Waals surface area contributed by atoms with Gasteiger partial charge in [-0.25, -0.2) is 24.9 Å². The first-order valence-corrected chi connectivity index (χ1v) is 11.2. The number of fused-ring (bicyclic) bond motifs is 3. The molecular weight excluding hydrogens is 480 g/mol. The van der Waals surface area contributed by atoms with Gasteiger partial charge in [0.25, 0.3) is 0 Å². The van der Waals surface area contributed by atoms with Crippen LogP contribution in [0.5, 0.6) is 11.5 Å². The van der Waals surface area contributed by atoms with Gasteiger partial charge in [0.05, 0.1) is 23.2 Å². The van der Waals surface area contributed by atoms with Crippen LogP contribution in [0.15, 0.2) is 67.6 Å². The van der Waals surface area contributed by atoms with Gasteiger partial charge >= 0.3 is 6.29 Å². The maximum atomic E-state index is 13.6. The zero-order chi connectivity index (χ0) is 25.1. The van der Waals surface area contributed by atoms with Gasteiger partial charge in [-0.15, -0.1) is 8.78 Å². The molecule has 1 N–H and O–H groups in total. The van der Waals surface area contributed by atoms with Gasteiger partial charge in [0, 0.05) is 28.3 Å². The number of imidazole rings is 1. The number of hydrogen-bond acceptors (Lipinski definition) is 8. The second kappa shape index (κ2) is 7.72. The van der Waals surface area contributed by atoms with Crippen LogP contribution >= 0.6 is 0 Å². The summed E-state index contributed by atoms with van der Waals surface area (Å²) in [6.07, 6.45) is 2.50. The van der Waals surface area contributed by atoms with Crippen molar-refractivity contribution in [2.24, 2.45) is 0 Å². The summed E-state index contributed by atoms with van der Waals surface area (Å²) in [6, 6.07) is 12.2. The van der Waals surface area contributed by atoms with Gasteiger partial charge in [0.2, 0.25) is 0 Å². The largest absolute Gasteiger partial charge is 0.586 e. The van der Waals surface area contributed by atoms with Crippen molar-refractivity contribution in [2.75, 3.05) is 0 Å². The van der Waals surface area contributed by atoms with Crippen molar-refractivity contribution in [3.8, 4) is 45.3 Å². The molecule has 0 radical (unpaired) electrons. The first-order valence-electron chi connectivity index (χ1n) is 11.2. The minimum Gasteiger partial charge on any atom is -0.395 e. The number of nitrogens with zero attached hydrogens (tertiary/aromatic N) is 6. The van der Waals surface area contributed by atoms with Crippen LogP contribution in [0.25, 0.3) is 55.8 Å². The minimum atomic E-state index is -3.70. The second-order valence-electron chi connectivity index (χ2n) is 8.43. The topological polar surface area (TPSA) is 112 Å². The van der Waals surface area contributed by atoms with Gasteiger partial charge in [0.15, 0.2) is 17.1 Å². The highest BCUT2D eigenvalue weighted by molar-refractivity contribution is 6.04. The van der Waals surface area contributed by atoms with Crippen LogP contribution in [0.1, 0.15) is 5.56 Å². The van der Waals surface area contributed by atoms with Crippen LogP contribution < -0.4 is 9.47 Å². The van der Waals surface area contributed by atoms with Crippen LogP contribution in [0.2, 0.25) is 0 Å². The van der Waals surface area contributed by atoms with Gasteiger partial charge in [-0.1, -0.05) is 12.1 Å². The molecule has 0 amide bonds. The lowest BCUT2D eigenvalue weighted by molar-refractivity contribution is -0.286. The molecular formula is C26H15F2N7O2. The first-order chi connectivity index (χ1) is 18.0. The summed E-state index contributed by atoms with van der Waals surface area (Å²) in [5.41, 5.74) is 6.90. The fourth-order valence-corrected chi connectivity index (χ4v) is 4.62. The fourth-order valence-electron chi connectivity index (χ4n) is 4.62. The molecule has 180 valence electrons. The van der Waals surface area contributed by atoms with Crippen molar-refractivity contribution < 1.29 is 18.3 Å². The summed E-state index contributed by atoms with van der Waals surface area (Å²) in [4.78, 5) is 29.9. The zero-order valence-electron chi connectivity index (χ0n) is 19.1. The minimum absolute atomic E-state index is 0.0308. The van der Waals surface area contributed by atoms with E-state index < -0.39 is 6.29 Å². The maximum Gasteiger partial charge on any atom is 0.586 e. The van der Waals surface area contributed by atoms with E-state index in [2.05, 4.69) is 39.4 Å². The molecule has 5 heterocycles. The Morgan fingerprint density at radius 1 is 0.811 bits per heavy atom.